The minimum atomic E-state index is -4.74. The summed E-state index contributed by atoms with van der Waals surface area (Å²) in [6.45, 7) is 2.27. The van der Waals surface area contributed by atoms with Gasteiger partial charge in [-0.2, -0.15) is 23.4 Å². The summed E-state index contributed by atoms with van der Waals surface area (Å²) in [6.07, 6.45) is -7.54. The summed E-state index contributed by atoms with van der Waals surface area (Å²) < 4.78 is 64.3. The van der Waals surface area contributed by atoms with Gasteiger partial charge in [-0.1, -0.05) is 0 Å². The quantitative estimate of drug-likeness (QED) is 0.843. The van der Waals surface area contributed by atoms with Crippen LogP contribution in [0.2, 0.25) is 0 Å². The summed E-state index contributed by atoms with van der Waals surface area (Å²) in [7, 11) is 0. The largest absolute Gasteiger partial charge is 0.437 e. The van der Waals surface area contributed by atoms with Gasteiger partial charge in [-0.25, -0.2) is 8.78 Å². The van der Waals surface area contributed by atoms with E-state index in [0.717, 1.165) is 10.7 Å². The van der Waals surface area contributed by atoms with E-state index in [1.807, 2.05) is 0 Å². The molecular weight excluding hydrogens is 325 g/mol. The topological polar surface area (TPSA) is 75.6 Å². The second kappa shape index (κ2) is 5.97. The fourth-order valence-corrected chi connectivity index (χ4v) is 1.90. The van der Waals surface area contributed by atoms with E-state index < -0.39 is 42.1 Å². The first-order valence-corrected chi connectivity index (χ1v) is 6.34. The SMILES string of the molecule is Cc1[nH]nc(C(F)(F)F)c1NC(=O)Cn1nc(C(F)F)cc1C. The molecule has 0 atom stereocenters. The third-order valence-electron chi connectivity index (χ3n) is 3.00. The summed E-state index contributed by atoms with van der Waals surface area (Å²) in [6, 6.07) is 1.10. The van der Waals surface area contributed by atoms with Gasteiger partial charge in [-0.3, -0.25) is 14.6 Å². The Morgan fingerprint density at radius 3 is 2.57 bits per heavy atom. The minimum Gasteiger partial charge on any atom is -0.321 e. The number of hydrogen-bond acceptors (Lipinski definition) is 3. The number of aryl methyl sites for hydroxylation is 2. The van der Waals surface area contributed by atoms with Crippen LogP contribution in [0.5, 0.6) is 0 Å². The lowest BCUT2D eigenvalue weighted by atomic mass is 10.3. The van der Waals surface area contributed by atoms with Crippen LogP contribution in [0, 0.1) is 13.8 Å². The van der Waals surface area contributed by atoms with E-state index in [1.54, 1.807) is 0 Å². The van der Waals surface area contributed by atoms with Crippen LogP contribution < -0.4 is 5.32 Å². The Morgan fingerprint density at radius 2 is 2.04 bits per heavy atom. The molecule has 0 saturated heterocycles. The van der Waals surface area contributed by atoms with Crippen LogP contribution in [-0.4, -0.2) is 25.9 Å². The lowest BCUT2D eigenvalue weighted by Crippen LogP contribution is -2.22. The Hall–Kier alpha value is -2.46. The van der Waals surface area contributed by atoms with Gasteiger partial charge in [0.15, 0.2) is 5.69 Å². The van der Waals surface area contributed by atoms with Crippen molar-refractivity contribution in [1.82, 2.24) is 20.0 Å². The van der Waals surface area contributed by atoms with Crippen LogP contribution in [0.3, 0.4) is 0 Å². The number of alkyl halides is 5. The van der Waals surface area contributed by atoms with Crippen LogP contribution >= 0.6 is 0 Å². The molecule has 2 aromatic heterocycles. The van der Waals surface area contributed by atoms with Crippen molar-refractivity contribution >= 4 is 11.6 Å². The van der Waals surface area contributed by atoms with Gasteiger partial charge in [-0.05, 0) is 19.9 Å². The third kappa shape index (κ3) is 3.66. The van der Waals surface area contributed by atoms with Crippen molar-refractivity contribution < 1.29 is 26.7 Å². The molecule has 11 heteroatoms. The monoisotopic (exact) mass is 337 g/mol. The maximum Gasteiger partial charge on any atom is 0.437 e. The number of nitrogens with zero attached hydrogens (tertiary/aromatic N) is 3. The lowest BCUT2D eigenvalue weighted by molar-refractivity contribution is -0.140. The highest BCUT2D eigenvalue weighted by Gasteiger charge is 2.38. The van der Waals surface area contributed by atoms with Crippen molar-refractivity contribution in [2.75, 3.05) is 5.32 Å². The zero-order valence-electron chi connectivity index (χ0n) is 12.0. The first-order valence-electron chi connectivity index (χ1n) is 6.34. The van der Waals surface area contributed by atoms with E-state index in [0.29, 0.717) is 0 Å². The molecule has 0 fully saturated rings. The summed E-state index contributed by atoms with van der Waals surface area (Å²) in [4.78, 5) is 11.9. The Balaban J connectivity index is 2.16. The number of carbonyl (C=O) groups excluding carboxylic acids is 1. The van der Waals surface area contributed by atoms with Gasteiger partial charge in [0.1, 0.15) is 12.2 Å². The molecule has 0 aliphatic heterocycles. The first kappa shape index (κ1) is 16.9. The number of carbonyl (C=O) groups is 1. The number of aromatic nitrogens is 4. The van der Waals surface area contributed by atoms with Gasteiger partial charge in [0.05, 0.1) is 11.4 Å². The zero-order chi connectivity index (χ0) is 17.4. The second-order valence-electron chi connectivity index (χ2n) is 4.79. The lowest BCUT2D eigenvalue weighted by Gasteiger charge is -2.09. The molecule has 126 valence electrons. The van der Waals surface area contributed by atoms with Crippen molar-refractivity contribution in [3.8, 4) is 0 Å². The average Bonchev–Trinajstić information content (AvgIpc) is 2.94. The molecule has 6 nitrogen and oxygen atoms in total. The van der Waals surface area contributed by atoms with E-state index in [2.05, 4.69) is 20.6 Å². The predicted octanol–water partition coefficient (Wildman–Crippen LogP) is 2.82. The fourth-order valence-electron chi connectivity index (χ4n) is 1.90. The summed E-state index contributed by atoms with van der Waals surface area (Å²) in [5.74, 6) is -0.841. The number of anilines is 1. The van der Waals surface area contributed by atoms with Gasteiger partial charge in [0.25, 0.3) is 6.43 Å². The normalized spacial score (nSPS) is 12.0. The minimum absolute atomic E-state index is 0.0242. The molecular formula is C12H12F5N5O. The van der Waals surface area contributed by atoms with Crippen molar-refractivity contribution in [3.05, 3.63) is 28.8 Å². The molecule has 0 aliphatic carbocycles. The van der Waals surface area contributed by atoms with Gasteiger partial charge >= 0.3 is 6.18 Å². The van der Waals surface area contributed by atoms with E-state index in [4.69, 9.17) is 0 Å². The molecule has 2 N–H and O–H groups in total. The Morgan fingerprint density at radius 1 is 1.39 bits per heavy atom. The van der Waals surface area contributed by atoms with E-state index in [9.17, 15) is 26.7 Å². The van der Waals surface area contributed by atoms with Crippen molar-refractivity contribution in [1.29, 1.82) is 0 Å². The van der Waals surface area contributed by atoms with Crippen LogP contribution in [0.25, 0.3) is 0 Å². The van der Waals surface area contributed by atoms with Crippen molar-refractivity contribution in [2.24, 2.45) is 0 Å². The molecule has 2 heterocycles. The van der Waals surface area contributed by atoms with Crippen LogP contribution in [0.15, 0.2) is 6.07 Å². The molecule has 2 aromatic rings. The molecule has 1 amide bonds. The molecule has 0 saturated carbocycles. The van der Waals surface area contributed by atoms with Gasteiger partial charge in [0, 0.05) is 5.69 Å². The number of halogens is 5. The van der Waals surface area contributed by atoms with E-state index in [-0.39, 0.29) is 11.4 Å². The van der Waals surface area contributed by atoms with Crippen LogP contribution in [-0.2, 0) is 17.5 Å². The maximum atomic E-state index is 12.8. The van der Waals surface area contributed by atoms with E-state index in [1.165, 1.54) is 13.8 Å². The number of rotatable bonds is 4. The van der Waals surface area contributed by atoms with Crippen LogP contribution in [0.1, 0.15) is 29.2 Å². The van der Waals surface area contributed by atoms with Gasteiger partial charge in [0.2, 0.25) is 5.91 Å². The average molecular weight is 337 g/mol. The number of nitrogens with one attached hydrogen (secondary N) is 2. The molecule has 0 aliphatic rings. The smallest absolute Gasteiger partial charge is 0.321 e. The summed E-state index contributed by atoms with van der Waals surface area (Å²) >= 11 is 0. The second-order valence-corrected chi connectivity index (χ2v) is 4.79. The molecule has 23 heavy (non-hydrogen) atoms. The number of amides is 1. The predicted molar refractivity (Wildman–Crippen MR) is 68.9 cm³/mol. The van der Waals surface area contributed by atoms with E-state index >= 15 is 0 Å². The third-order valence-corrected chi connectivity index (χ3v) is 3.00. The first-order chi connectivity index (χ1) is 10.6. The molecule has 2 rings (SSSR count). The van der Waals surface area contributed by atoms with Crippen molar-refractivity contribution in [2.45, 2.75) is 33.0 Å². The number of H-pyrrole nitrogens is 1. The van der Waals surface area contributed by atoms with Crippen LogP contribution in [0.4, 0.5) is 27.6 Å². The Kier molecular flexibility index (Phi) is 4.39. The number of hydrogen-bond donors (Lipinski definition) is 2. The Bertz CT molecular complexity index is 718. The molecule has 0 aromatic carbocycles. The summed E-state index contributed by atoms with van der Waals surface area (Å²) in [5.41, 5.74) is -1.95. The summed E-state index contributed by atoms with van der Waals surface area (Å²) in [5, 5.41) is 10.9. The molecule has 0 radical (unpaired) electrons. The zero-order valence-corrected chi connectivity index (χ0v) is 12.0. The fraction of sp³-hybridized carbons (Fsp3) is 0.417. The number of aromatic amines is 1. The Labute approximate surface area is 126 Å². The van der Waals surface area contributed by atoms with Gasteiger partial charge in [-0.15, -0.1) is 0 Å². The standard InChI is InChI=1S/C12H12F5N5O/c1-5-3-7(11(13)14)21-22(5)4-8(23)18-9-6(2)19-20-10(9)12(15,16)17/h3,11H,4H2,1-2H3,(H,18,23)(H,19,20). The highest BCUT2D eigenvalue weighted by molar-refractivity contribution is 5.91. The highest BCUT2D eigenvalue weighted by Crippen LogP contribution is 2.34. The van der Waals surface area contributed by atoms with Gasteiger partial charge < -0.3 is 5.32 Å². The van der Waals surface area contributed by atoms with Crippen molar-refractivity contribution in [3.63, 3.8) is 0 Å². The maximum absolute atomic E-state index is 12.8. The molecule has 0 bridgehead atoms. The molecule has 0 unspecified atom stereocenters. The molecule has 0 spiro atoms. The highest BCUT2D eigenvalue weighted by atomic mass is 19.4.